The van der Waals surface area contributed by atoms with Gasteiger partial charge in [0.15, 0.2) is 0 Å². The summed E-state index contributed by atoms with van der Waals surface area (Å²) in [5.41, 5.74) is 4.09. The number of benzene rings is 3. The van der Waals surface area contributed by atoms with E-state index in [4.69, 9.17) is 9.57 Å². The van der Waals surface area contributed by atoms with E-state index in [2.05, 4.69) is 29.4 Å². The first-order valence-corrected chi connectivity index (χ1v) is 7.80. The lowest BCUT2D eigenvalue weighted by Crippen LogP contribution is -2.13. The second-order valence-corrected chi connectivity index (χ2v) is 5.27. The van der Waals surface area contributed by atoms with Crippen LogP contribution in [0.1, 0.15) is 5.56 Å². The fourth-order valence-corrected chi connectivity index (χ4v) is 2.43. The molecule has 3 rings (SSSR count). The number of ether oxygens (including phenoxy) is 1. The first-order valence-electron chi connectivity index (χ1n) is 7.80. The van der Waals surface area contributed by atoms with Gasteiger partial charge in [-0.3, -0.25) is 0 Å². The first kappa shape index (κ1) is 15.8. The SMILES string of the molecule is CO/N=C(\COc1ccc(-c2ccccc2)cc1)c1ccccc1. The maximum Gasteiger partial charge on any atom is 0.134 e. The molecule has 0 spiro atoms. The van der Waals surface area contributed by atoms with Gasteiger partial charge in [0.1, 0.15) is 25.2 Å². The normalized spacial score (nSPS) is 11.1. The van der Waals surface area contributed by atoms with E-state index < -0.39 is 0 Å². The van der Waals surface area contributed by atoms with Crippen LogP contribution in [0.3, 0.4) is 0 Å². The van der Waals surface area contributed by atoms with Crippen molar-refractivity contribution in [1.82, 2.24) is 0 Å². The zero-order valence-electron chi connectivity index (χ0n) is 13.6. The van der Waals surface area contributed by atoms with Gasteiger partial charge >= 0.3 is 0 Å². The number of hydrogen-bond donors (Lipinski definition) is 0. The lowest BCUT2D eigenvalue weighted by atomic mass is 10.1. The van der Waals surface area contributed by atoms with Crippen molar-refractivity contribution in [3.63, 3.8) is 0 Å². The van der Waals surface area contributed by atoms with Crippen molar-refractivity contribution in [2.45, 2.75) is 0 Å². The molecule has 3 aromatic rings. The monoisotopic (exact) mass is 317 g/mol. The van der Waals surface area contributed by atoms with Crippen molar-refractivity contribution >= 4 is 5.71 Å². The Bertz CT molecular complexity index is 781. The minimum absolute atomic E-state index is 0.350. The molecular weight excluding hydrogens is 298 g/mol. The topological polar surface area (TPSA) is 30.8 Å². The van der Waals surface area contributed by atoms with E-state index in [1.807, 2.05) is 60.7 Å². The third-order valence-electron chi connectivity index (χ3n) is 3.65. The molecule has 120 valence electrons. The van der Waals surface area contributed by atoms with E-state index in [0.717, 1.165) is 22.6 Å². The number of hydrogen-bond acceptors (Lipinski definition) is 3. The Morgan fingerprint density at radius 3 is 1.96 bits per heavy atom. The molecule has 0 N–H and O–H groups in total. The van der Waals surface area contributed by atoms with Crippen LogP contribution in [0.2, 0.25) is 0 Å². The predicted molar refractivity (Wildman–Crippen MR) is 97.4 cm³/mol. The highest BCUT2D eigenvalue weighted by molar-refractivity contribution is 6.01. The van der Waals surface area contributed by atoms with Gasteiger partial charge in [0, 0.05) is 5.56 Å². The van der Waals surface area contributed by atoms with E-state index in [0.29, 0.717) is 6.61 Å². The highest BCUT2D eigenvalue weighted by Gasteiger charge is 2.06. The van der Waals surface area contributed by atoms with E-state index in [1.165, 1.54) is 12.7 Å². The van der Waals surface area contributed by atoms with Crippen LogP contribution < -0.4 is 4.74 Å². The van der Waals surface area contributed by atoms with Gasteiger partial charge in [0.25, 0.3) is 0 Å². The van der Waals surface area contributed by atoms with Crippen LogP contribution in [0.15, 0.2) is 90.1 Å². The van der Waals surface area contributed by atoms with Crippen molar-refractivity contribution in [2.24, 2.45) is 5.16 Å². The molecule has 3 heteroatoms. The van der Waals surface area contributed by atoms with E-state index in [1.54, 1.807) is 0 Å². The van der Waals surface area contributed by atoms with Gasteiger partial charge in [-0.05, 0) is 23.3 Å². The molecule has 3 nitrogen and oxygen atoms in total. The van der Waals surface area contributed by atoms with Crippen molar-refractivity contribution in [1.29, 1.82) is 0 Å². The number of oxime groups is 1. The molecule has 0 aromatic heterocycles. The van der Waals surface area contributed by atoms with Gasteiger partial charge in [-0.25, -0.2) is 0 Å². The van der Waals surface area contributed by atoms with E-state index in [9.17, 15) is 0 Å². The molecule has 0 radical (unpaired) electrons. The average molecular weight is 317 g/mol. The summed E-state index contributed by atoms with van der Waals surface area (Å²) in [6.07, 6.45) is 0. The van der Waals surface area contributed by atoms with Crippen molar-refractivity contribution in [3.8, 4) is 16.9 Å². The van der Waals surface area contributed by atoms with Gasteiger partial charge in [0.05, 0.1) is 0 Å². The maximum atomic E-state index is 5.86. The molecule has 24 heavy (non-hydrogen) atoms. The molecule has 0 saturated heterocycles. The fourth-order valence-electron chi connectivity index (χ4n) is 2.43. The highest BCUT2D eigenvalue weighted by atomic mass is 16.6. The van der Waals surface area contributed by atoms with Gasteiger partial charge in [-0.1, -0.05) is 78.0 Å². The van der Waals surface area contributed by atoms with Crippen LogP contribution in [0.25, 0.3) is 11.1 Å². The Morgan fingerprint density at radius 2 is 1.33 bits per heavy atom. The summed E-state index contributed by atoms with van der Waals surface area (Å²) in [5, 5.41) is 4.07. The summed E-state index contributed by atoms with van der Waals surface area (Å²) >= 11 is 0. The molecule has 0 amide bonds. The minimum atomic E-state index is 0.350. The molecule has 0 bridgehead atoms. The molecule has 0 aliphatic carbocycles. The Kier molecular flexibility index (Phi) is 5.25. The van der Waals surface area contributed by atoms with Crippen molar-refractivity contribution in [2.75, 3.05) is 13.7 Å². The highest BCUT2D eigenvalue weighted by Crippen LogP contribution is 2.22. The molecule has 0 fully saturated rings. The lowest BCUT2D eigenvalue weighted by Gasteiger charge is -2.09. The standard InChI is InChI=1S/C21H19NO2/c1-23-22-21(19-10-6-3-7-11-19)16-24-20-14-12-18(13-15-20)17-8-4-2-5-9-17/h2-15H,16H2,1H3/b22-21+. The van der Waals surface area contributed by atoms with Crippen LogP contribution >= 0.6 is 0 Å². The van der Waals surface area contributed by atoms with Crippen LogP contribution in [0.4, 0.5) is 0 Å². The zero-order chi connectivity index (χ0) is 16.6. The Balaban J connectivity index is 1.69. The van der Waals surface area contributed by atoms with Gasteiger partial charge in [-0.2, -0.15) is 0 Å². The molecular formula is C21H19NO2. The molecule has 0 aliphatic heterocycles. The first-order chi connectivity index (χ1) is 11.9. The quantitative estimate of drug-likeness (QED) is 0.484. The number of rotatable bonds is 6. The van der Waals surface area contributed by atoms with Crippen LogP contribution in [0.5, 0.6) is 5.75 Å². The Morgan fingerprint density at radius 1 is 0.750 bits per heavy atom. The Labute approximate surface area is 142 Å². The summed E-state index contributed by atoms with van der Waals surface area (Å²) in [7, 11) is 1.54. The minimum Gasteiger partial charge on any atom is -0.487 e. The Hall–Kier alpha value is -3.07. The van der Waals surface area contributed by atoms with Gasteiger partial charge in [-0.15, -0.1) is 0 Å². The second kappa shape index (κ2) is 7.97. The largest absolute Gasteiger partial charge is 0.487 e. The average Bonchev–Trinajstić information content (AvgIpc) is 2.67. The summed E-state index contributed by atoms with van der Waals surface area (Å²) in [6, 6.07) is 28.2. The lowest BCUT2D eigenvalue weighted by molar-refractivity contribution is 0.210. The van der Waals surface area contributed by atoms with E-state index in [-0.39, 0.29) is 0 Å². The smallest absolute Gasteiger partial charge is 0.134 e. The molecule has 0 atom stereocenters. The second-order valence-electron chi connectivity index (χ2n) is 5.27. The summed E-state index contributed by atoms with van der Waals surface area (Å²) in [5.74, 6) is 0.800. The summed E-state index contributed by atoms with van der Waals surface area (Å²) in [4.78, 5) is 4.93. The molecule has 3 aromatic carbocycles. The van der Waals surface area contributed by atoms with Gasteiger partial charge < -0.3 is 9.57 Å². The van der Waals surface area contributed by atoms with E-state index >= 15 is 0 Å². The third-order valence-corrected chi connectivity index (χ3v) is 3.65. The van der Waals surface area contributed by atoms with Crippen LogP contribution in [-0.2, 0) is 4.84 Å². The van der Waals surface area contributed by atoms with Crippen LogP contribution in [-0.4, -0.2) is 19.4 Å². The van der Waals surface area contributed by atoms with Crippen LogP contribution in [0, 0.1) is 0 Å². The molecule has 0 unspecified atom stereocenters. The summed E-state index contributed by atoms with van der Waals surface area (Å²) < 4.78 is 5.86. The molecule has 0 aliphatic rings. The van der Waals surface area contributed by atoms with Crippen molar-refractivity contribution < 1.29 is 9.57 Å². The predicted octanol–water partition coefficient (Wildman–Crippen LogP) is 4.78. The van der Waals surface area contributed by atoms with Crippen molar-refractivity contribution in [3.05, 3.63) is 90.5 Å². The maximum absolute atomic E-state index is 5.86. The van der Waals surface area contributed by atoms with Gasteiger partial charge in [0.2, 0.25) is 0 Å². The summed E-state index contributed by atoms with van der Waals surface area (Å²) in [6.45, 7) is 0.350. The fraction of sp³-hybridized carbons (Fsp3) is 0.0952. The molecule has 0 saturated carbocycles. The number of nitrogens with zero attached hydrogens (tertiary/aromatic N) is 1. The zero-order valence-corrected chi connectivity index (χ0v) is 13.6. The third kappa shape index (κ3) is 4.02. The molecule has 0 heterocycles.